The number of phenols is 1. The minimum absolute atomic E-state index is 0.0590. The third kappa shape index (κ3) is 4.39. The van der Waals surface area contributed by atoms with Crippen molar-refractivity contribution in [2.45, 2.75) is 62.3 Å². The number of allylic oxidation sites excluding steroid dienone is 2. The molecule has 2 heterocycles. The molecule has 1 N–H and O–H groups in total. The average molecular weight is 670 g/mol. The number of aromatic hydroxyl groups is 1. The van der Waals surface area contributed by atoms with Gasteiger partial charge < -0.3 is 5.11 Å². The number of carbonyl (C=O) groups is 4. The normalized spacial score (nSPS) is 30.7. The van der Waals surface area contributed by atoms with Gasteiger partial charge in [-0.15, -0.1) is 0 Å². The van der Waals surface area contributed by atoms with Crippen LogP contribution in [0.25, 0.3) is 0 Å². The first-order chi connectivity index (χ1) is 22.7. The average Bonchev–Trinajstić information content (AvgIpc) is 3.47. The lowest BCUT2D eigenvalue weighted by Gasteiger charge is -2.50. The first-order valence-electron chi connectivity index (χ1n) is 16.5. The second kappa shape index (κ2) is 11.3. The molecule has 2 saturated carbocycles. The van der Waals surface area contributed by atoms with Gasteiger partial charge in [-0.05, 0) is 73.6 Å². The van der Waals surface area contributed by atoms with Crippen molar-refractivity contribution in [3.63, 3.8) is 0 Å². The van der Waals surface area contributed by atoms with Crippen molar-refractivity contribution < 1.29 is 24.3 Å². The Labute approximate surface area is 283 Å². The van der Waals surface area contributed by atoms with E-state index in [0.717, 1.165) is 37.7 Å². The van der Waals surface area contributed by atoms with Crippen molar-refractivity contribution in [2.24, 2.45) is 23.7 Å². The highest BCUT2D eigenvalue weighted by Crippen LogP contribution is 2.65. The molecule has 4 amide bonds. The molecule has 4 fully saturated rings. The Morgan fingerprint density at radius 2 is 1.51 bits per heavy atom. The Bertz CT molecular complexity index is 1850. The van der Waals surface area contributed by atoms with Crippen molar-refractivity contribution >= 4 is 52.5 Å². The monoisotopic (exact) mass is 668 g/mol. The number of anilines is 1. The van der Waals surface area contributed by atoms with Crippen LogP contribution in [0.3, 0.4) is 0 Å². The molecule has 7 nitrogen and oxygen atoms in total. The molecular weight excluding hydrogens is 635 g/mol. The van der Waals surface area contributed by atoms with Gasteiger partial charge >= 0.3 is 0 Å². The number of phenolic OH excluding ortho intramolecular Hbond substituents is 1. The van der Waals surface area contributed by atoms with E-state index < -0.39 is 46.8 Å². The largest absolute Gasteiger partial charge is 0.508 e. The molecule has 0 spiro atoms. The van der Waals surface area contributed by atoms with Gasteiger partial charge in [0.15, 0.2) is 0 Å². The summed E-state index contributed by atoms with van der Waals surface area (Å²) in [6.07, 6.45) is 7.24. The second-order valence-electron chi connectivity index (χ2n) is 13.6. The maximum absolute atomic E-state index is 15.2. The molecule has 5 aliphatic rings. The van der Waals surface area contributed by atoms with Crippen molar-refractivity contribution in [1.82, 2.24) is 4.90 Å². The SMILES string of the molecule is O=C1C2CC3C(=CCC4C(=O)N(C5CCCCC5)C(=O)C43)C(c3cc(Cl)ccc3O)C2(c2ccccc2)C(=O)N1c1cccc(Cl)c1. The summed E-state index contributed by atoms with van der Waals surface area (Å²) < 4.78 is 0. The van der Waals surface area contributed by atoms with Crippen LogP contribution < -0.4 is 4.90 Å². The Morgan fingerprint density at radius 3 is 2.26 bits per heavy atom. The predicted octanol–water partition coefficient (Wildman–Crippen LogP) is 7.19. The molecule has 3 aromatic carbocycles. The standard InChI is InChI=1S/C38H34Cl2N2O5/c39-22-10-7-13-25(18-22)42-35(45)30-20-28-26(15-16-27-32(28)36(46)41(34(27)44)24-11-5-2-6-12-24)33(29-19-23(40)14-17-31(29)43)38(30,37(42)47)21-8-3-1-4-9-21/h1,3-4,7-10,13-15,17-19,24,27-28,30,32-33,43H,2,5-6,11-12,16,20H2. The Kier molecular flexibility index (Phi) is 7.34. The van der Waals surface area contributed by atoms with Gasteiger partial charge in [-0.1, -0.05) is 90.5 Å². The van der Waals surface area contributed by atoms with E-state index in [9.17, 15) is 19.5 Å². The molecule has 3 aromatic rings. The summed E-state index contributed by atoms with van der Waals surface area (Å²) in [5, 5.41) is 12.2. The van der Waals surface area contributed by atoms with Gasteiger partial charge in [-0.2, -0.15) is 0 Å². The number of amides is 4. The van der Waals surface area contributed by atoms with Crippen LogP contribution in [0.4, 0.5) is 5.69 Å². The highest BCUT2D eigenvalue weighted by molar-refractivity contribution is 6.32. The zero-order chi connectivity index (χ0) is 32.6. The number of carbonyl (C=O) groups excluding carboxylic acids is 4. The summed E-state index contributed by atoms with van der Waals surface area (Å²) in [5.41, 5.74) is 0.737. The van der Waals surface area contributed by atoms with Crippen molar-refractivity contribution in [3.05, 3.63) is 106 Å². The fraction of sp³-hybridized carbons (Fsp3) is 0.368. The number of likely N-dealkylation sites (tertiary alicyclic amines) is 1. The Morgan fingerprint density at radius 1 is 0.766 bits per heavy atom. The molecule has 3 aliphatic carbocycles. The highest BCUT2D eigenvalue weighted by atomic mass is 35.5. The topological polar surface area (TPSA) is 95.0 Å². The van der Waals surface area contributed by atoms with Crippen LogP contribution in [0.2, 0.25) is 10.0 Å². The quantitative estimate of drug-likeness (QED) is 0.234. The summed E-state index contributed by atoms with van der Waals surface area (Å²) in [5.74, 6) is -4.56. The van der Waals surface area contributed by atoms with Crippen LogP contribution in [0.15, 0.2) is 84.4 Å². The van der Waals surface area contributed by atoms with E-state index in [2.05, 4.69) is 0 Å². The molecule has 0 aromatic heterocycles. The molecule has 6 unspecified atom stereocenters. The third-order valence-corrected chi connectivity index (χ3v) is 11.9. The van der Waals surface area contributed by atoms with Gasteiger partial charge in [0.1, 0.15) is 5.75 Å². The van der Waals surface area contributed by atoms with E-state index in [1.54, 1.807) is 36.4 Å². The number of hydrogen-bond acceptors (Lipinski definition) is 5. The minimum Gasteiger partial charge on any atom is -0.508 e. The molecule has 2 aliphatic heterocycles. The number of rotatable bonds is 4. The van der Waals surface area contributed by atoms with Gasteiger partial charge in [0.25, 0.3) is 0 Å². The van der Waals surface area contributed by atoms with Crippen molar-refractivity contribution in [3.8, 4) is 5.75 Å². The predicted molar refractivity (Wildman–Crippen MR) is 178 cm³/mol. The molecule has 240 valence electrons. The summed E-state index contributed by atoms with van der Waals surface area (Å²) in [7, 11) is 0. The number of nitrogens with zero attached hydrogens (tertiary/aromatic N) is 2. The number of benzene rings is 3. The van der Waals surface area contributed by atoms with Crippen LogP contribution in [0.5, 0.6) is 5.75 Å². The van der Waals surface area contributed by atoms with Gasteiger partial charge in [0, 0.05) is 27.6 Å². The Balaban J connectivity index is 1.35. The van der Waals surface area contributed by atoms with E-state index in [4.69, 9.17) is 23.2 Å². The molecule has 8 rings (SSSR count). The number of fused-ring (bicyclic) bond motifs is 4. The smallest absolute Gasteiger partial charge is 0.246 e. The summed E-state index contributed by atoms with van der Waals surface area (Å²) >= 11 is 12.9. The molecule has 0 bridgehead atoms. The zero-order valence-corrected chi connectivity index (χ0v) is 27.2. The van der Waals surface area contributed by atoms with Crippen LogP contribution in [-0.4, -0.2) is 39.7 Å². The third-order valence-electron chi connectivity index (χ3n) is 11.4. The molecule has 47 heavy (non-hydrogen) atoms. The minimum atomic E-state index is -1.47. The van der Waals surface area contributed by atoms with Gasteiger partial charge in [0.2, 0.25) is 23.6 Å². The molecule has 2 saturated heterocycles. The molecule has 0 radical (unpaired) electrons. The van der Waals surface area contributed by atoms with Crippen molar-refractivity contribution in [1.29, 1.82) is 0 Å². The lowest BCUT2D eigenvalue weighted by molar-refractivity contribution is -0.143. The fourth-order valence-electron chi connectivity index (χ4n) is 9.57. The molecule has 9 heteroatoms. The van der Waals surface area contributed by atoms with E-state index in [0.29, 0.717) is 33.3 Å². The van der Waals surface area contributed by atoms with Crippen LogP contribution >= 0.6 is 23.2 Å². The number of hydrogen-bond donors (Lipinski definition) is 1. The molecule has 6 atom stereocenters. The second-order valence-corrected chi connectivity index (χ2v) is 14.5. The van der Waals surface area contributed by atoms with Crippen LogP contribution in [0.1, 0.15) is 62.0 Å². The number of halogens is 2. The molecular formula is C38H34Cl2N2O5. The maximum atomic E-state index is 15.2. The van der Waals surface area contributed by atoms with Crippen LogP contribution in [0, 0.1) is 23.7 Å². The van der Waals surface area contributed by atoms with E-state index in [-0.39, 0.29) is 30.0 Å². The van der Waals surface area contributed by atoms with E-state index in [1.807, 2.05) is 36.4 Å². The van der Waals surface area contributed by atoms with E-state index in [1.165, 1.54) is 15.9 Å². The first kappa shape index (κ1) is 30.4. The Hall–Kier alpha value is -3.94. The van der Waals surface area contributed by atoms with Gasteiger partial charge in [-0.25, -0.2) is 4.90 Å². The highest BCUT2D eigenvalue weighted by Gasteiger charge is 2.70. The van der Waals surface area contributed by atoms with Gasteiger partial charge in [0.05, 0.1) is 28.9 Å². The first-order valence-corrected chi connectivity index (χ1v) is 17.2. The lowest BCUT2D eigenvalue weighted by atomic mass is 9.49. The maximum Gasteiger partial charge on any atom is 0.246 e. The number of imide groups is 2. The fourth-order valence-corrected chi connectivity index (χ4v) is 9.93. The summed E-state index contributed by atoms with van der Waals surface area (Å²) in [6, 6.07) is 20.6. The lowest BCUT2D eigenvalue weighted by Crippen LogP contribution is -2.53. The summed E-state index contributed by atoms with van der Waals surface area (Å²) in [4.78, 5) is 61.1. The van der Waals surface area contributed by atoms with Gasteiger partial charge in [-0.3, -0.25) is 24.1 Å². The van der Waals surface area contributed by atoms with Crippen LogP contribution in [-0.2, 0) is 24.6 Å². The summed E-state index contributed by atoms with van der Waals surface area (Å²) in [6.45, 7) is 0. The zero-order valence-electron chi connectivity index (χ0n) is 25.6. The van der Waals surface area contributed by atoms with Crippen molar-refractivity contribution in [2.75, 3.05) is 4.90 Å². The van der Waals surface area contributed by atoms with E-state index >= 15 is 4.79 Å².